The van der Waals surface area contributed by atoms with Gasteiger partial charge in [-0.25, -0.2) is 4.39 Å². The van der Waals surface area contributed by atoms with Crippen molar-refractivity contribution in [3.63, 3.8) is 0 Å². The molecule has 3 rings (SSSR count). The van der Waals surface area contributed by atoms with Crippen LogP contribution in [0.4, 0.5) is 30.7 Å². The number of halogens is 7. The van der Waals surface area contributed by atoms with Crippen LogP contribution >= 0.6 is 0 Å². The predicted octanol–water partition coefficient (Wildman–Crippen LogP) is 4.74. The predicted molar refractivity (Wildman–Crippen MR) is 90.8 cm³/mol. The number of rotatable bonds is 4. The van der Waals surface area contributed by atoms with E-state index in [0.717, 1.165) is 24.3 Å². The highest BCUT2D eigenvalue weighted by molar-refractivity contribution is 5.38. The lowest BCUT2D eigenvalue weighted by Gasteiger charge is -2.36. The van der Waals surface area contributed by atoms with Crippen molar-refractivity contribution in [3.05, 3.63) is 65.0 Å². The van der Waals surface area contributed by atoms with E-state index in [1.165, 1.54) is 18.2 Å². The highest BCUT2D eigenvalue weighted by Gasteiger charge is 2.36. The molecule has 0 aromatic heterocycles. The molecule has 0 bridgehead atoms. The number of ether oxygens (including phenoxy) is 1. The van der Waals surface area contributed by atoms with Crippen molar-refractivity contribution in [1.82, 2.24) is 10.2 Å². The fourth-order valence-electron chi connectivity index (χ4n) is 3.34. The maximum atomic E-state index is 13.7. The molecule has 1 aliphatic rings. The van der Waals surface area contributed by atoms with Crippen LogP contribution in [0, 0.1) is 5.82 Å². The first kappa shape index (κ1) is 21.4. The Kier molecular flexibility index (Phi) is 6.04. The fourth-order valence-corrected chi connectivity index (χ4v) is 3.34. The molecular weight excluding hydrogens is 405 g/mol. The Balaban J connectivity index is 2.00. The smallest absolute Gasteiger partial charge is 0.406 e. The van der Waals surface area contributed by atoms with Crippen molar-refractivity contribution in [1.29, 1.82) is 0 Å². The van der Waals surface area contributed by atoms with Crippen LogP contribution in [0.25, 0.3) is 0 Å². The zero-order valence-corrected chi connectivity index (χ0v) is 14.9. The van der Waals surface area contributed by atoms with Gasteiger partial charge in [-0.15, -0.1) is 13.2 Å². The third-order valence-electron chi connectivity index (χ3n) is 4.56. The minimum atomic E-state index is -4.86. The summed E-state index contributed by atoms with van der Waals surface area (Å²) >= 11 is 0. The molecule has 1 N–H and O–H groups in total. The Labute approximate surface area is 162 Å². The van der Waals surface area contributed by atoms with Crippen LogP contribution in [0.1, 0.15) is 22.7 Å². The summed E-state index contributed by atoms with van der Waals surface area (Å²) in [4.78, 5) is 1.89. The first-order chi connectivity index (χ1) is 13.5. The van der Waals surface area contributed by atoms with E-state index in [0.29, 0.717) is 31.7 Å². The first-order valence-electron chi connectivity index (χ1n) is 8.72. The second-order valence-electron chi connectivity index (χ2n) is 6.54. The third-order valence-corrected chi connectivity index (χ3v) is 4.56. The van der Waals surface area contributed by atoms with Crippen LogP contribution in [-0.2, 0) is 6.18 Å². The molecule has 0 saturated carbocycles. The number of alkyl halides is 6. The van der Waals surface area contributed by atoms with Crippen LogP contribution in [0.3, 0.4) is 0 Å². The summed E-state index contributed by atoms with van der Waals surface area (Å²) in [6.45, 7) is 2.20. The summed E-state index contributed by atoms with van der Waals surface area (Å²) in [7, 11) is 0. The lowest BCUT2D eigenvalue weighted by atomic mass is 9.94. The topological polar surface area (TPSA) is 24.5 Å². The molecule has 3 nitrogen and oxygen atoms in total. The van der Waals surface area contributed by atoms with Crippen molar-refractivity contribution in [2.45, 2.75) is 18.6 Å². The zero-order valence-electron chi connectivity index (χ0n) is 14.9. The molecule has 29 heavy (non-hydrogen) atoms. The summed E-state index contributed by atoms with van der Waals surface area (Å²) in [5.74, 6) is -1.82. The van der Waals surface area contributed by atoms with E-state index in [1.807, 2.05) is 4.90 Å². The molecular formula is C19H17F7N2O. The molecule has 2 aromatic carbocycles. The Hall–Kier alpha value is -2.33. The molecule has 1 heterocycles. The maximum absolute atomic E-state index is 13.7. The van der Waals surface area contributed by atoms with Gasteiger partial charge in [-0.05, 0) is 35.4 Å². The summed E-state index contributed by atoms with van der Waals surface area (Å²) in [5.41, 5.74) is -0.710. The lowest BCUT2D eigenvalue weighted by molar-refractivity contribution is -0.274. The largest absolute Gasteiger partial charge is 0.573 e. The van der Waals surface area contributed by atoms with E-state index in [-0.39, 0.29) is 5.56 Å². The lowest BCUT2D eigenvalue weighted by Crippen LogP contribution is -2.45. The second-order valence-corrected chi connectivity index (χ2v) is 6.54. The molecule has 1 atom stereocenters. The Bertz CT molecular complexity index is 828. The van der Waals surface area contributed by atoms with Crippen molar-refractivity contribution < 1.29 is 35.5 Å². The Morgan fingerprint density at radius 3 is 2.00 bits per heavy atom. The number of hydrogen-bond acceptors (Lipinski definition) is 3. The SMILES string of the molecule is Fc1ccc([C@H](c2ccc(OC(F)(F)F)cc2)N2CCNCC2)cc1C(F)(F)F. The number of nitrogens with one attached hydrogen (secondary N) is 1. The first-order valence-corrected chi connectivity index (χ1v) is 8.72. The second kappa shape index (κ2) is 8.19. The van der Waals surface area contributed by atoms with Gasteiger partial charge in [0.2, 0.25) is 0 Å². The van der Waals surface area contributed by atoms with E-state index in [1.54, 1.807) is 0 Å². The van der Waals surface area contributed by atoms with Crippen LogP contribution in [0.5, 0.6) is 5.75 Å². The molecule has 0 spiro atoms. The van der Waals surface area contributed by atoms with E-state index in [9.17, 15) is 30.7 Å². The quantitative estimate of drug-likeness (QED) is 0.721. The van der Waals surface area contributed by atoms with Gasteiger partial charge in [-0.2, -0.15) is 13.2 Å². The van der Waals surface area contributed by atoms with Gasteiger partial charge < -0.3 is 10.1 Å². The summed E-state index contributed by atoms with van der Waals surface area (Å²) in [5, 5.41) is 3.13. The number of benzene rings is 2. The molecule has 1 aliphatic heterocycles. The zero-order chi connectivity index (χ0) is 21.2. The molecule has 10 heteroatoms. The van der Waals surface area contributed by atoms with Crippen LogP contribution in [-0.4, -0.2) is 37.4 Å². The number of nitrogens with zero attached hydrogens (tertiary/aromatic N) is 1. The Morgan fingerprint density at radius 2 is 1.45 bits per heavy atom. The molecule has 158 valence electrons. The number of piperazine rings is 1. The monoisotopic (exact) mass is 422 g/mol. The highest BCUT2D eigenvalue weighted by Crippen LogP contribution is 2.37. The molecule has 0 aliphatic carbocycles. The van der Waals surface area contributed by atoms with E-state index >= 15 is 0 Å². The molecule has 1 saturated heterocycles. The van der Waals surface area contributed by atoms with Gasteiger partial charge in [0, 0.05) is 26.2 Å². The molecule has 2 aromatic rings. The Morgan fingerprint density at radius 1 is 0.862 bits per heavy atom. The standard InChI is InChI=1S/C19H17F7N2O/c20-16-6-3-13(11-15(16)18(21,22)23)17(28-9-7-27-8-10-28)12-1-4-14(5-2-12)29-19(24,25)26/h1-6,11,17,27H,7-10H2/t17-/m0/s1. The minimum absolute atomic E-state index is 0.199. The normalized spacial score (nSPS) is 17.2. The fraction of sp³-hybridized carbons (Fsp3) is 0.368. The van der Waals surface area contributed by atoms with Gasteiger partial charge in [0.15, 0.2) is 0 Å². The van der Waals surface area contributed by atoms with E-state index in [4.69, 9.17) is 0 Å². The van der Waals surface area contributed by atoms with Gasteiger partial charge in [-0.1, -0.05) is 18.2 Å². The van der Waals surface area contributed by atoms with Crippen molar-refractivity contribution in [2.24, 2.45) is 0 Å². The molecule has 1 fully saturated rings. The van der Waals surface area contributed by atoms with Crippen LogP contribution in [0.15, 0.2) is 42.5 Å². The van der Waals surface area contributed by atoms with Gasteiger partial charge in [0.25, 0.3) is 0 Å². The van der Waals surface area contributed by atoms with E-state index in [2.05, 4.69) is 10.1 Å². The number of hydrogen-bond donors (Lipinski definition) is 1. The van der Waals surface area contributed by atoms with Crippen molar-refractivity contribution in [2.75, 3.05) is 26.2 Å². The summed E-state index contributed by atoms with van der Waals surface area (Å²) in [6, 6.07) is 7.03. The molecule has 0 amide bonds. The third kappa shape index (κ3) is 5.39. The van der Waals surface area contributed by atoms with Gasteiger partial charge in [0.1, 0.15) is 11.6 Å². The highest BCUT2D eigenvalue weighted by atomic mass is 19.4. The molecule has 0 unspecified atom stereocenters. The van der Waals surface area contributed by atoms with Crippen LogP contribution in [0.2, 0.25) is 0 Å². The van der Waals surface area contributed by atoms with Gasteiger partial charge in [-0.3, -0.25) is 4.90 Å². The van der Waals surface area contributed by atoms with Crippen molar-refractivity contribution >= 4 is 0 Å². The van der Waals surface area contributed by atoms with Gasteiger partial charge in [0.05, 0.1) is 11.6 Å². The average Bonchev–Trinajstić information content (AvgIpc) is 2.63. The molecule has 0 radical (unpaired) electrons. The summed E-state index contributed by atoms with van der Waals surface area (Å²) in [6.07, 6.45) is -9.71. The van der Waals surface area contributed by atoms with Crippen LogP contribution < -0.4 is 10.1 Å². The minimum Gasteiger partial charge on any atom is -0.406 e. The van der Waals surface area contributed by atoms with Crippen molar-refractivity contribution in [3.8, 4) is 5.75 Å². The van der Waals surface area contributed by atoms with Gasteiger partial charge >= 0.3 is 12.5 Å². The maximum Gasteiger partial charge on any atom is 0.573 e. The van der Waals surface area contributed by atoms with E-state index < -0.39 is 35.7 Å². The average molecular weight is 422 g/mol. The summed E-state index contributed by atoms with van der Waals surface area (Å²) < 4.78 is 94.2.